The van der Waals surface area contributed by atoms with Crippen molar-refractivity contribution in [2.75, 3.05) is 26.2 Å². The van der Waals surface area contributed by atoms with Crippen LogP contribution in [0.25, 0.3) is 0 Å². The summed E-state index contributed by atoms with van der Waals surface area (Å²) in [5.74, 6) is 0.0637. The topological polar surface area (TPSA) is 103 Å². The van der Waals surface area contributed by atoms with Gasteiger partial charge in [-0.2, -0.15) is 9.40 Å². The number of aromatic nitrogens is 2. The minimum atomic E-state index is -3.72. The smallest absolute Gasteiger partial charge is 0.274 e. The molecule has 0 spiro atoms. The normalized spacial score (nSPS) is 15.7. The van der Waals surface area contributed by atoms with Gasteiger partial charge in [0.15, 0.2) is 5.78 Å². The van der Waals surface area contributed by atoms with Crippen LogP contribution in [0.1, 0.15) is 47.3 Å². The summed E-state index contributed by atoms with van der Waals surface area (Å²) in [6.07, 6.45) is 0.811. The Labute approximate surface area is 170 Å². The number of piperazine rings is 1. The molecule has 8 nitrogen and oxygen atoms in total. The maximum Gasteiger partial charge on any atom is 0.274 e. The molecule has 1 amide bonds. The number of H-pyrrole nitrogens is 1. The molecule has 0 atom stereocenters. The van der Waals surface area contributed by atoms with Crippen molar-refractivity contribution in [2.45, 2.75) is 32.1 Å². The van der Waals surface area contributed by atoms with Crippen LogP contribution in [-0.4, -0.2) is 65.7 Å². The molecule has 1 aliphatic heterocycles. The second kappa shape index (κ2) is 8.46. The van der Waals surface area contributed by atoms with Crippen LogP contribution in [0, 0.1) is 5.92 Å². The summed E-state index contributed by atoms with van der Waals surface area (Å²) in [7, 11) is -3.72. The van der Waals surface area contributed by atoms with Gasteiger partial charge in [-0.25, -0.2) is 8.42 Å². The summed E-state index contributed by atoms with van der Waals surface area (Å²) in [6, 6.07) is 7.80. The van der Waals surface area contributed by atoms with Crippen molar-refractivity contribution in [1.29, 1.82) is 0 Å². The van der Waals surface area contributed by atoms with Gasteiger partial charge in [0, 0.05) is 37.4 Å². The van der Waals surface area contributed by atoms with E-state index < -0.39 is 10.0 Å². The zero-order chi connectivity index (χ0) is 21.2. The third-order valence-corrected chi connectivity index (χ3v) is 6.78. The Morgan fingerprint density at radius 1 is 1.14 bits per heavy atom. The Morgan fingerprint density at radius 2 is 1.83 bits per heavy atom. The van der Waals surface area contributed by atoms with E-state index in [0.29, 0.717) is 17.2 Å². The highest BCUT2D eigenvalue weighted by molar-refractivity contribution is 7.89. The molecule has 0 saturated carbocycles. The molecule has 1 aromatic heterocycles. The van der Waals surface area contributed by atoms with E-state index in [1.54, 1.807) is 23.1 Å². The van der Waals surface area contributed by atoms with E-state index in [4.69, 9.17) is 0 Å². The number of rotatable bonds is 6. The second-order valence-corrected chi connectivity index (χ2v) is 9.59. The van der Waals surface area contributed by atoms with Gasteiger partial charge in [0.25, 0.3) is 5.91 Å². The van der Waals surface area contributed by atoms with Gasteiger partial charge >= 0.3 is 0 Å². The maximum absolute atomic E-state index is 12.9. The molecule has 1 aromatic carbocycles. The van der Waals surface area contributed by atoms with E-state index in [9.17, 15) is 18.0 Å². The lowest BCUT2D eigenvalue weighted by atomic mass is 10.1. The van der Waals surface area contributed by atoms with Gasteiger partial charge in [-0.05, 0) is 37.5 Å². The van der Waals surface area contributed by atoms with Crippen molar-refractivity contribution in [3.63, 3.8) is 0 Å². The molecule has 1 saturated heterocycles. The van der Waals surface area contributed by atoms with Gasteiger partial charge in [-0.15, -0.1) is 0 Å². The molecule has 1 fully saturated rings. The van der Waals surface area contributed by atoms with E-state index >= 15 is 0 Å². The fourth-order valence-electron chi connectivity index (χ4n) is 3.33. The van der Waals surface area contributed by atoms with Gasteiger partial charge < -0.3 is 4.90 Å². The molecular weight excluding hydrogens is 392 g/mol. The Morgan fingerprint density at radius 3 is 2.45 bits per heavy atom. The fourth-order valence-corrected chi connectivity index (χ4v) is 4.80. The Bertz CT molecular complexity index is 1000. The number of hydrogen-bond acceptors (Lipinski definition) is 5. The first-order chi connectivity index (χ1) is 13.7. The van der Waals surface area contributed by atoms with E-state index in [-0.39, 0.29) is 42.8 Å². The number of ketones is 1. The lowest BCUT2D eigenvalue weighted by Crippen LogP contribution is -2.50. The van der Waals surface area contributed by atoms with Crippen LogP contribution in [0.5, 0.6) is 0 Å². The average molecular weight is 419 g/mol. The van der Waals surface area contributed by atoms with Crippen molar-refractivity contribution in [3.8, 4) is 0 Å². The van der Waals surface area contributed by atoms with Gasteiger partial charge in [0.2, 0.25) is 10.0 Å². The number of carbonyl (C=O) groups is 2. The predicted molar refractivity (Wildman–Crippen MR) is 108 cm³/mol. The van der Waals surface area contributed by atoms with Gasteiger partial charge in [-0.1, -0.05) is 26.0 Å². The highest BCUT2D eigenvalue weighted by Crippen LogP contribution is 2.20. The third kappa shape index (κ3) is 4.73. The number of carbonyl (C=O) groups excluding carboxylic acids is 2. The second-order valence-electron chi connectivity index (χ2n) is 7.66. The summed E-state index contributed by atoms with van der Waals surface area (Å²) in [6.45, 7) is 6.55. The number of hydrogen-bond donors (Lipinski definition) is 1. The summed E-state index contributed by atoms with van der Waals surface area (Å²) in [5, 5.41) is 7.00. The molecule has 2 aromatic rings. The molecule has 0 aliphatic carbocycles. The first kappa shape index (κ1) is 21.2. The molecule has 0 bridgehead atoms. The van der Waals surface area contributed by atoms with Crippen LogP contribution in [0.2, 0.25) is 0 Å². The molecule has 156 valence electrons. The Kier molecular flexibility index (Phi) is 6.18. The number of amides is 1. The molecule has 29 heavy (non-hydrogen) atoms. The molecule has 1 aliphatic rings. The largest absolute Gasteiger partial charge is 0.335 e. The maximum atomic E-state index is 12.9. The van der Waals surface area contributed by atoms with Crippen molar-refractivity contribution in [3.05, 3.63) is 47.3 Å². The van der Waals surface area contributed by atoms with E-state index in [0.717, 1.165) is 12.1 Å². The van der Waals surface area contributed by atoms with Gasteiger partial charge in [0.05, 0.1) is 4.90 Å². The quantitative estimate of drug-likeness (QED) is 0.722. The zero-order valence-corrected chi connectivity index (χ0v) is 17.7. The standard InChI is InChI=1S/C20H26N4O4S/c1-14(2)11-17-13-19(22-21-17)20(26)23-7-9-24(10-8-23)29(27,28)18-6-4-5-16(12-18)15(3)25/h4-6,12-14H,7-11H2,1-3H3,(H,21,22). The van der Waals surface area contributed by atoms with E-state index in [1.165, 1.54) is 23.4 Å². The number of nitrogens with one attached hydrogen (secondary N) is 1. The summed E-state index contributed by atoms with van der Waals surface area (Å²) < 4.78 is 27.2. The van der Waals surface area contributed by atoms with Crippen molar-refractivity contribution >= 4 is 21.7 Å². The lowest BCUT2D eigenvalue weighted by molar-refractivity contribution is 0.0691. The van der Waals surface area contributed by atoms with Crippen LogP contribution in [0.4, 0.5) is 0 Å². The van der Waals surface area contributed by atoms with Crippen molar-refractivity contribution < 1.29 is 18.0 Å². The first-order valence-corrected chi connectivity index (χ1v) is 11.1. The van der Waals surface area contributed by atoms with E-state index in [2.05, 4.69) is 24.0 Å². The highest BCUT2D eigenvalue weighted by Gasteiger charge is 2.31. The monoisotopic (exact) mass is 418 g/mol. The minimum Gasteiger partial charge on any atom is -0.335 e. The predicted octanol–water partition coefficient (Wildman–Crippen LogP) is 1.96. The summed E-state index contributed by atoms with van der Waals surface area (Å²) in [4.78, 5) is 25.9. The Hall–Kier alpha value is -2.52. The zero-order valence-electron chi connectivity index (χ0n) is 16.9. The third-order valence-electron chi connectivity index (χ3n) is 4.88. The van der Waals surface area contributed by atoms with Crippen molar-refractivity contribution in [1.82, 2.24) is 19.4 Å². The molecule has 2 heterocycles. The number of benzene rings is 1. The molecule has 9 heteroatoms. The molecule has 3 rings (SSSR count). The summed E-state index contributed by atoms with van der Waals surface area (Å²) in [5.41, 5.74) is 1.62. The lowest BCUT2D eigenvalue weighted by Gasteiger charge is -2.33. The van der Waals surface area contributed by atoms with Crippen LogP contribution in [-0.2, 0) is 16.4 Å². The number of aromatic amines is 1. The van der Waals surface area contributed by atoms with E-state index in [1.807, 2.05) is 0 Å². The van der Waals surface area contributed by atoms with Gasteiger partial charge in [0.1, 0.15) is 5.69 Å². The Balaban J connectivity index is 1.66. The molecule has 0 unspecified atom stereocenters. The SMILES string of the molecule is CC(=O)c1cccc(S(=O)(=O)N2CCN(C(=O)c3cc(CC(C)C)[nH]n3)CC2)c1. The van der Waals surface area contributed by atoms with Gasteiger partial charge in [-0.3, -0.25) is 14.7 Å². The van der Waals surface area contributed by atoms with Crippen LogP contribution in [0.15, 0.2) is 35.2 Å². The summed E-state index contributed by atoms with van der Waals surface area (Å²) >= 11 is 0. The average Bonchev–Trinajstić information content (AvgIpc) is 3.15. The highest BCUT2D eigenvalue weighted by atomic mass is 32.2. The van der Waals surface area contributed by atoms with Crippen molar-refractivity contribution in [2.24, 2.45) is 5.92 Å². The number of Topliss-reactive ketones (excluding diaryl/α,β-unsaturated/α-hetero) is 1. The minimum absolute atomic E-state index is 0.0932. The molecule has 0 radical (unpaired) electrons. The number of sulfonamides is 1. The van der Waals surface area contributed by atoms with Crippen LogP contribution < -0.4 is 0 Å². The molecule has 1 N–H and O–H groups in total. The fraction of sp³-hybridized carbons (Fsp3) is 0.450. The first-order valence-electron chi connectivity index (χ1n) is 9.63. The van der Waals surface area contributed by atoms with Crippen LogP contribution in [0.3, 0.4) is 0 Å². The molecular formula is C20H26N4O4S. The number of nitrogens with zero attached hydrogens (tertiary/aromatic N) is 3. The van der Waals surface area contributed by atoms with Crippen LogP contribution >= 0.6 is 0 Å².